The number of nitrogens with zero attached hydrogens (tertiary/aromatic N) is 1. The summed E-state index contributed by atoms with van der Waals surface area (Å²) in [5, 5.41) is 0.594. The highest BCUT2D eigenvalue weighted by Gasteiger charge is 2.12. The van der Waals surface area contributed by atoms with E-state index in [1.807, 2.05) is 0 Å². The molecule has 1 amide bonds. The molecule has 1 aromatic carbocycles. The summed E-state index contributed by atoms with van der Waals surface area (Å²) in [5.74, 6) is 0. The van der Waals surface area contributed by atoms with Gasteiger partial charge in [0.1, 0.15) is 0 Å². The van der Waals surface area contributed by atoms with Gasteiger partial charge in [-0.3, -0.25) is 0 Å². The largest absolute Gasteiger partial charge is 0.449 e. The number of carbonyl (C=O) groups is 1. The van der Waals surface area contributed by atoms with Crippen molar-refractivity contribution < 1.29 is 9.53 Å². The van der Waals surface area contributed by atoms with E-state index in [2.05, 4.69) is 10.4 Å². The maximum Gasteiger partial charge on any atom is 0.426 e. The molecule has 2 rings (SSSR count). The van der Waals surface area contributed by atoms with Crippen molar-refractivity contribution in [2.75, 3.05) is 12.0 Å². The number of amides is 1. The monoisotopic (exact) mass is 289 g/mol. The summed E-state index contributed by atoms with van der Waals surface area (Å²) in [5.41, 5.74) is 2.64. The molecule has 96 valence electrons. The zero-order valence-electron chi connectivity index (χ0n) is 9.29. The Kier molecular flexibility index (Phi) is 3.49. The third-order valence-corrected chi connectivity index (χ3v) is 2.92. The summed E-state index contributed by atoms with van der Waals surface area (Å²) in [6.07, 6.45) is -0.730. The summed E-state index contributed by atoms with van der Waals surface area (Å²) in [6, 6.07) is 2.98. The molecule has 8 heteroatoms. The molecule has 0 radical (unpaired) electrons. The molecule has 0 saturated heterocycles. The van der Waals surface area contributed by atoms with Crippen molar-refractivity contribution in [2.45, 2.75) is 6.92 Å². The zero-order chi connectivity index (χ0) is 13.3. The predicted octanol–water partition coefficient (Wildman–Crippen LogP) is 2.34. The smallest absolute Gasteiger partial charge is 0.426 e. The van der Waals surface area contributed by atoms with E-state index in [0.717, 1.165) is 4.68 Å². The first-order valence-electron chi connectivity index (χ1n) is 5.06. The maximum atomic E-state index is 11.7. The highest BCUT2D eigenvalue weighted by Crippen LogP contribution is 2.25. The summed E-state index contributed by atoms with van der Waals surface area (Å²) in [6.45, 7) is 1.86. The highest BCUT2D eigenvalue weighted by atomic mass is 35.5. The van der Waals surface area contributed by atoms with Gasteiger partial charge in [-0.1, -0.05) is 23.2 Å². The number of aromatic amines is 1. The van der Waals surface area contributed by atoms with Gasteiger partial charge in [0, 0.05) is 0 Å². The van der Waals surface area contributed by atoms with Crippen LogP contribution >= 0.6 is 23.2 Å². The number of carbonyl (C=O) groups excluding carboxylic acids is 1. The quantitative estimate of drug-likeness (QED) is 0.891. The second-order valence-corrected chi connectivity index (χ2v) is 4.20. The fourth-order valence-electron chi connectivity index (χ4n) is 1.47. The lowest BCUT2D eigenvalue weighted by molar-refractivity contribution is 0.164. The number of imidazole rings is 1. The standard InChI is InChI=1S/C10H9Cl2N3O3/c1-2-18-10(17)14-15-8-4-6(12)5(11)3-7(8)13-9(15)16/h3-4H,2H2,1H3,(H,13,16)(H,14,17). The predicted molar refractivity (Wildman–Crippen MR) is 69.0 cm³/mol. The number of hydrogen-bond acceptors (Lipinski definition) is 3. The second kappa shape index (κ2) is 4.91. The Bertz CT molecular complexity index is 662. The summed E-state index contributed by atoms with van der Waals surface area (Å²) >= 11 is 11.7. The Hall–Kier alpha value is -1.66. The van der Waals surface area contributed by atoms with Gasteiger partial charge in [-0.05, 0) is 19.1 Å². The lowest BCUT2D eigenvalue weighted by atomic mass is 10.3. The Morgan fingerprint density at radius 1 is 1.44 bits per heavy atom. The topological polar surface area (TPSA) is 76.1 Å². The number of rotatable bonds is 2. The van der Waals surface area contributed by atoms with E-state index in [9.17, 15) is 9.59 Å². The van der Waals surface area contributed by atoms with E-state index in [1.54, 1.807) is 6.92 Å². The Balaban J connectivity index is 2.50. The lowest BCUT2D eigenvalue weighted by Crippen LogP contribution is -2.31. The van der Waals surface area contributed by atoms with Gasteiger partial charge in [-0.15, -0.1) is 0 Å². The van der Waals surface area contributed by atoms with Crippen molar-refractivity contribution in [3.05, 3.63) is 32.7 Å². The number of ether oxygens (including phenoxy) is 1. The third kappa shape index (κ3) is 2.30. The van der Waals surface area contributed by atoms with E-state index >= 15 is 0 Å². The molecule has 0 aliphatic carbocycles. The molecule has 0 atom stereocenters. The van der Waals surface area contributed by atoms with Crippen LogP contribution in [0.25, 0.3) is 11.0 Å². The molecular weight excluding hydrogens is 281 g/mol. The van der Waals surface area contributed by atoms with E-state index in [-0.39, 0.29) is 11.6 Å². The Morgan fingerprint density at radius 3 is 2.78 bits per heavy atom. The first kappa shape index (κ1) is 12.8. The van der Waals surface area contributed by atoms with Gasteiger partial charge >= 0.3 is 11.8 Å². The van der Waals surface area contributed by atoms with Crippen LogP contribution in [0.4, 0.5) is 4.79 Å². The van der Waals surface area contributed by atoms with E-state index in [0.29, 0.717) is 16.1 Å². The molecule has 6 nitrogen and oxygen atoms in total. The van der Waals surface area contributed by atoms with Crippen LogP contribution in [-0.4, -0.2) is 22.4 Å². The van der Waals surface area contributed by atoms with E-state index in [4.69, 9.17) is 27.9 Å². The minimum atomic E-state index is -0.730. The van der Waals surface area contributed by atoms with E-state index < -0.39 is 11.8 Å². The first-order chi connectivity index (χ1) is 8.52. The Morgan fingerprint density at radius 2 is 2.11 bits per heavy atom. The number of H-pyrrole nitrogens is 1. The normalized spacial score (nSPS) is 10.6. The van der Waals surface area contributed by atoms with Crippen molar-refractivity contribution in [3.63, 3.8) is 0 Å². The van der Waals surface area contributed by atoms with Crippen LogP contribution in [0.5, 0.6) is 0 Å². The molecule has 0 bridgehead atoms. The van der Waals surface area contributed by atoms with Crippen LogP contribution in [0.2, 0.25) is 10.0 Å². The van der Waals surface area contributed by atoms with Gasteiger partial charge in [0.05, 0.1) is 27.7 Å². The van der Waals surface area contributed by atoms with Crippen LogP contribution in [0.1, 0.15) is 6.92 Å². The molecule has 0 aliphatic heterocycles. The van der Waals surface area contributed by atoms with E-state index in [1.165, 1.54) is 12.1 Å². The van der Waals surface area contributed by atoms with Crippen LogP contribution in [0, 0.1) is 0 Å². The molecular formula is C10H9Cl2N3O3. The molecule has 18 heavy (non-hydrogen) atoms. The summed E-state index contributed by atoms with van der Waals surface area (Å²) < 4.78 is 5.70. The number of nitrogens with one attached hydrogen (secondary N) is 2. The molecule has 2 aromatic rings. The molecule has 0 fully saturated rings. The van der Waals surface area contributed by atoms with Crippen molar-refractivity contribution in [1.82, 2.24) is 9.66 Å². The fourth-order valence-corrected chi connectivity index (χ4v) is 1.79. The summed E-state index contributed by atoms with van der Waals surface area (Å²) in [4.78, 5) is 25.5. The van der Waals surface area contributed by atoms with Gasteiger partial charge < -0.3 is 9.72 Å². The number of benzene rings is 1. The minimum Gasteiger partial charge on any atom is -0.449 e. The third-order valence-electron chi connectivity index (χ3n) is 2.20. The average Bonchev–Trinajstić information content (AvgIpc) is 2.57. The molecule has 0 spiro atoms. The average molecular weight is 290 g/mol. The highest BCUT2D eigenvalue weighted by molar-refractivity contribution is 6.42. The van der Waals surface area contributed by atoms with Gasteiger partial charge in [0.25, 0.3) is 0 Å². The number of fused-ring (bicyclic) bond motifs is 1. The van der Waals surface area contributed by atoms with Crippen molar-refractivity contribution >= 4 is 40.3 Å². The number of aromatic nitrogens is 2. The molecule has 0 unspecified atom stereocenters. The molecule has 1 heterocycles. The molecule has 2 N–H and O–H groups in total. The van der Waals surface area contributed by atoms with Gasteiger partial charge in [0.2, 0.25) is 0 Å². The molecule has 1 aromatic heterocycles. The first-order valence-corrected chi connectivity index (χ1v) is 5.82. The van der Waals surface area contributed by atoms with Crippen LogP contribution in [-0.2, 0) is 4.74 Å². The SMILES string of the molecule is CCOC(=O)Nn1c(=O)[nH]c2cc(Cl)c(Cl)cc21. The minimum absolute atomic E-state index is 0.204. The number of hydrogen-bond donors (Lipinski definition) is 2. The van der Waals surface area contributed by atoms with Gasteiger partial charge in [0.15, 0.2) is 0 Å². The zero-order valence-corrected chi connectivity index (χ0v) is 10.8. The Labute approximate surface area is 111 Å². The van der Waals surface area contributed by atoms with Gasteiger partial charge in [-0.25, -0.2) is 15.0 Å². The van der Waals surface area contributed by atoms with Crippen LogP contribution < -0.4 is 11.1 Å². The van der Waals surface area contributed by atoms with Crippen molar-refractivity contribution in [3.8, 4) is 0 Å². The van der Waals surface area contributed by atoms with Crippen LogP contribution in [0.3, 0.4) is 0 Å². The molecule has 0 aliphatic rings. The van der Waals surface area contributed by atoms with Crippen molar-refractivity contribution in [1.29, 1.82) is 0 Å². The lowest BCUT2D eigenvalue weighted by Gasteiger charge is -2.06. The second-order valence-electron chi connectivity index (χ2n) is 3.38. The fraction of sp³-hybridized carbons (Fsp3) is 0.200. The van der Waals surface area contributed by atoms with Crippen LogP contribution in [0.15, 0.2) is 16.9 Å². The van der Waals surface area contributed by atoms with Crippen molar-refractivity contribution in [2.24, 2.45) is 0 Å². The molecule has 0 saturated carbocycles. The maximum absolute atomic E-state index is 11.7. The summed E-state index contributed by atoms with van der Waals surface area (Å²) in [7, 11) is 0. The number of halogens is 2. The van der Waals surface area contributed by atoms with Gasteiger partial charge in [-0.2, -0.15) is 4.68 Å².